The fourth-order valence-electron chi connectivity index (χ4n) is 4.44. The van der Waals surface area contributed by atoms with Gasteiger partial charge in [-0.3, -0.25) is 4.72 Å². The number of amides is 2. The number of nitrogens with one attached hydrogen (secondary N) is 2. The van der Waals surface area contributed by atoms with Crippen LogP contribution in [0.5, 0.6) is 0 Å². The van der Waals surface area contributed by atoms with Gasteiger partial charge >= 0.3 is 13.5 Å². The molecule has 30 heavy (non-hydrogen) atoms. The lowest BCUT2D eigenvalue weighted by Crippen LogP contribution is -2.29. The lowest BCUT2D eigenvalue weighted by atomic mass is 9.79. The van der Waals surface area contributed by atoms with Crippen molar-refractivity contribution in [3.8, 4) is 0 Å². The molecule has 0 fully saturated rings. The lowest BCUT2D eigenvalue weighted by Gasteiger charge is -2.21. The first-order valence-corrected chi connectivity index (χ1v) is 12.4. The number of hydrogen-bond acceptors (Lipinski definition) is 5. The molecule has 0 aromatic heterocycles. The van der Waals surface area contributed by atoms with Crippen LogP contribution in [0, 0.1) is 0 Å². The molecule has 0 bridgehead atoms. The van der Waals surface area contributed by atoms with Crippen molar-refractivity contribution in [2.75, 3.05) is 5.32 Å². The average molecular weight is 441 g/mol. The van der Waals surface area contributed by atoms with Crippen LogP contribution < -0.4 is 15.5 Å². The van der Waals surface area contributed by atoms with Gasteiger partial charge in [-0.15, -0.1) is 0 Å². The third-order valence-corrected chi connectivity index (χ3v) is 7.68. The highest BCUT2D eigenvalue weighted by molar-refractivity contribution is 8.76. The van der Waals surface area contributed by atoms with Gasteiger partial charge in [0.1, 0.15) is 0 Å². The predicted molar refractivity (Wildman–Crippen MR) is 125 cm³/mol. The smallest absolute Gasteiger partial charge is 0.329 e. The molecule has 0 unspecified atom stereocenters. The van der Waals surface area contributed by atoms with Crippen LogP contribution in [0.3, 0.4) is 0 Å². The minimum Gasteiger partial charge on any atom is -0.450 e. The fraction of sp³-hybridized carbons (Fsp3) is 0.409. The maximum atomic E-state index is 12.6. The Labute approximate surface area is 186 Å². The van der Waals surface area contributed by atoms with Crippen molar-refractivity contribution >= 4 is 46.4 Å². The van der Waals surface area contributed by atoms with Crippen molar-refractivity contribution in [1.29, 1.82) is 0 Å². The average Bonchev–Trinajstić information content (AvgIpc) is 3.36. The largest absolute Gasteiger partial charge is 0.450 e. The molecule has 0 spiro atoms. The van der Waals surface area contributed by atoms with E-state index < -0.39 is 5.60 Å². The van der Waals surface area contributed by atoms with Crippen molar-refractivity contribution in [3.63, 3.8) is 0 Å². The Kier molecular flexibility index (Phi) is 6.39. The molecule has 2 amide bonds. The number of urea groups is 1. The quantitative estimate of drug-likeness (QED) is 0.313. The van der Waals surface area contributed by atoms with Gasteiger partial charge < -0.3 is 15.4 Å². The van der Waals surface area contributed by atoms with Crippen LogP contribution in [0.25, 0.3) is 0 Å². The minimum absolute atomic E-state index is 0.218. The topological polar surface area (TPSA) is 81.6 Å². The number of fused-ring (bicyclic) bond motifs is 2. The monoisotopic (exact) mass is 441 g/mol. The molecule has 4 N–H and O–H groups in total. The summed E-state index contributed by atoms with van der Waals surface area (Å²) in [6, 6.07) is 7.57. The molecule has 2 aromatic rings. The summed E-state index contributed by atoms with van der Waals surface area (Å²) in [4.78, 5) is 13.5. The summed E-state index contributed by atoms with van der Waals surface area (Å²) in [7, 11) is 3.63. The third kappa shape index (κ3) is 4.52. The van der Waals surface area contributed by atoms with Gasteiger partial charge in [0, 0.05) is 21.6 Å². The second kappa shape index (κ2) is 8.87. The Morgan fingerprint density at radius 3 is 2.33 bits per heavy atom. The number of carbonyl (C=O) groups excluding carboxylic acids is 1. The lowest BCUT2D eigenvalue weighted by molar-refractivity contribution is 0.0793. The van der Waals surface area contributed by atoms with E-state index in [4.69, 9.17) is 0 Å². The SMILES string of the molecule is CC(C)(O)c1cc(SSNC(=O)Nc2c3c(cc4c2CCC4)CCC3)ccc1[B]O. The van der Waals surface area contributed by atoms with Gasteiger partial charge in [0.15, 0.2) is 0 Å². The zero-order valence-corrected chi connectivity index (χ0v) is 18.9. The molecule has 0 aliphatic heterocycles. The van der Waals surface area contributed by atoms with E-state index in [2.05, 4.69) is 16.1 Å². The van der Waals surface area contributed by atoms with Crippen LogP contribution in [0.4, 0.5) is 10.5 Å². The molecule has 2 aliphatic carbocycles. The molecule has 0 atom stereocenters. The highest BCUT2D eigenvalue weighted by atomic mass is 33.1. The fourth-order valence-corrected chi connectivity index (χ4v) is 5.95. The molecule has 2 aliphatic rings. The van der Waals surface area contributed by atoms with Gasteiger partial charge in [-0.2, -0.15) is 0 Å². The molecule has 2 aromatic carbocycles. The third-order valence-electron chi connectivity index (χ3n) is 5.81. The van der Waals surface area contributed by atoms with Gasteiger partial charge in [0.25, 0.3) is 0 Å². The Hall–Kier alpha value is -1.61. The molecule has 1 radical (unpaired) electrons. The van der Waals surface area contributed by atoms with Gasteiger partial charge in [-0.25, -0.2) is 4.79 Å². The summed E-state index contributed by atoms with van der Waals surface area (Å²) in [5.41, 5.74) is 6.59. The number of aliphatic hydroxyl groups is 1. The number of carbonyl (C=O) groups is 1. The summed E-state index contributed by atoms with van der Waals surface area (Å²) in [6.45, 7) is 3.36. The number of aryl methyl sites for hydroxylation is 2. The van der Waals surface area contributed by atoms with Crippen LogP contribution in [-0.4, -0.2) is 23.6 Å². The normalized spacial score (nSPS) is 14.9. The zero-order valence-electron chi connectivity index (χ0n) is 17.2. The molecule has 4 rings (SSSR count). The number of anilines is 1. The number of benzene rings is 2. The van der Waals surface area contributed by atoms with Crippen molar-refractivity contribution in [2.45, 2.75) is 62.9 Å². The summed E-state index contributed by atoms with van der Waals surface area (Å²) in [6.07, 6.45) is 6.60. The van der Waals surface area contributed by atoms with E-state index in [-0.39, 0.29) is 6.03 Å². The van der Waals surface area contributed by atoms with Crippen molar-refractivity contribution in [3.05, 3.63) is 52.1 Å². The summed E-state index contributed by atoms with van der Waals surface area (Å²) in [5.74, 6) is 0. The molecule has 0 saturated heterocycles. The van der Waals surface area contributed by atoms with Gasteiger partial charge in [0.2, 0.25) is 0 Å². The van der Waals surface area contributed by atoms with Crippen LogP contribution >= 0.6 is 21.8 Å². The summed E-state index contributed by atoms with van der Waals surface area (Å²) >= 11 is 0. The molecule has 0 saturated carbocycles. The van der Waals surface area contributed by atoms with Gasteiger partial charge in [0.05, 0.1) is 5.60 Å². The van der Waals surface area contributed by atoms with E-state index in [1.165, 1.54) is 44.0 Å². The Morgan fingerprint density at radius 2 is 1.73 bits per heavy atom. The molecule has 157 valence electrons. The molecule has 0 heterocycles. The Bertz CT molecular complexity index is 944. The number of hydrogen-bond donors (Lipinski definition) is 4. The van der Waals surface area contributed by atoms with Crippen molar-refractivity contribution in [2.24, 2.45) is 0 Å². The first-order chi connectivity index (χ1) is 14.4. The van der Waals surface area contributed by atoms with Gasteiger partial charge in [-0.1, -0.05) is 12.1 Å². The van der Waals surface area contributed by atoms with Crippen molar-refractivity contribution in [1.82, 2.24) is 4.72 Å². The number of rotatable bonds is 6. The summed E-state index contributed by atoms with van der Waals surface area (Å²) < 4.78 is 2.86. The van der Waals surface area contributed by atoms with E-state index in [9.17, 15) is 14.9 Å². The van der Waals surface area contributed by atoms with Crippen LogP contribution in [0.2, 0.25) is 0 Å². The van der Waals surface area contributed by atoms with E-state index in [1.54, 1.807) is 19.9 Å². The second-order valence-electron chi connectivity index (χ2n) is 8.39. The minimum atomic E-state index is -1.07. The highest BCUT2D eigenvalue weighted by Gasteiger charge is 2.25. The standard InChI is InChI=1S/C22H26BN2O3S2/c1-22(2,27)18-12-15(9-10-19(18)23-28)29-30-25-21(26)24-20-16-7-3-5-13(16)11-14-6-4-8-17(14)20/h9-12,27-28H,3-8H2,1-2H3,(H2,24,25,26). The first kappa shape index (κ1) is 21.6. The van der Waals surface area contributed by atoms with E-state index in [1.807, 2.05) is 12.1 Å². The van der Waals surface area contributed by atoms with Crippen molar-refractivity contribution < 1.29 is 14.9 Å². The van der Waals surface area contributed by atoms with Gasteiger partial charge in [-0.05, 0) is 109 Å². The Balaban J connectivity index is 1.40. The molecular weight excluding hydrogens is 415 g/mol. The van der Waals surface area contributed by atoms with E-state index >= 15 is 0 Å². The molecule has 8 heteroatoms. The zero-order chi connectivity index (χ0) is 21.3. The highest BCUT2D eigenvalue weighted by Crippen LogP contribution is 2.39. The van der Waals surface area contributed by atoms with Crippen LogP contribution in [-0.2, 0) is 31.3 Å². The maximum Gasteiger partial charge on any atom is 0.329 e. The van der Waals surface area contributed by atoms with Crippen LogP contribution in [0.15, 0.2) is 29.2 Å². The van der Waals surface area contributed by atoms with E-state index in [0.717, 1.165) is 56.6 Å². The van der Waals surface area contributed by atoms with Crippen LogP contribution in [0.1, 0.15) is 54.5 Å². The first-order valence-electron chi connectivity index (χ1n) is 10.3. The predicted octanol–water partition coefficient (Wildman–Crippen LogP) is 3.61. The molecular formula is C22H26BN2O3S2. The Morgan fingerprint density at radius 1 is 1.07 bits per heavy atom. The second-order valence-corrected chi connectivity index (χ2v) is 10.4. The van der Waals surface area contributed by atoms with E-state index in [0.29, 0.717) is 11.0 Å². The molecule has 5 nitrogen and oxygen atoms in total. The maximum absolute atomic E-state index is 12.6. The summed E-state index contributed by atoms with van der Waals surface area (Å²) in [5, 5.41) is 22.8.